The van der Waals surface area contributed by atoms with Crippen LogP contribution in [0.4, 0.5) is 0 Å². The first-order valence-electron chi connectivity index (χ1n) is 11.6. The molecule has 34 heavy (non-hydrogen) atoms. The molecule has 0 aliphatic carbocycles. The molecule has 0 radical (unpaired) electrons. The van der Waals surface area contributed by atoms with Crippen molar-refractivity contribution in [1.29, 1.82) is 0 Å². The largest absolute Gasteiger partial charge is 0.497 e. The van der Waals surface area contributed by atoms with Gasteiger partial charge in [0.15, 0.2) is 0 Å². The molecule has 0 aliphatic heterocycles. The second-order valence-electron chi connectivity index (χ2n) is 8.23. The van der Waals surface area contributed by atoms with Gasteiger partial charge in [0.1, 0.15) is 11.5 Å². The monoisotopic (exact) mass is 452 g/mol. The van der Waals surface area contributed by atoms with Crippen LogP contribution < -0.4 is 20.1 Å². The summed E-state index contributed by atoms with van der Waals surface area (Å²) in [6.45, 7) is 1.52. The van der Waals surface area contributed by atoms with E-state index in [4.69, 9.17) is 9.47 Å². The fraction of sp³-hybridized carbons (Fsp3) is 0.200. The molecule has 4 aromatic rings. The molecule has 0 saturated heterocycles. The Kier molecular flexibility index (Phi) is 8.33. The molecule has 0 aliphatic rings. The predicted molar refractivity (Wildman–Crippen MR) is 138 cm³/mol. The van der Waals surface area contributed by atoms with Crippen LogP contribution in [0.15, 0.2) is 109 Å². The smallest absolute Gasteiger partial charge is 0.118 e. The van der Waals surface area contributed by atoms with Gasteiger partial charge < -0.3 is 20.1 Å². The lowest BCUT2D eigenvalue weighted by molar-refractivity contribution is 0.378. The van der Waals surface area contributed by atoms with Gasteiger partial charge >= 0.3 is 0 Å². The highest BCUT2D eigenvalue weighted by Crippen LogP contribution is 2.32. The van der Waals surface area contributed by atoms with Crippen LogP contribution >= 0.6 is 0 Å². The molecule has 0 amide bonds. The summed E-state index contributed by atoms with van der Waals surface area (Å²) in [6.07, 6.45) is 0. The van der Waals surface area contributed by atoms with Gasteiger partial charge in [-0.25, -0.2) is 0 Å². The zero-order valence-electron chi connectivity index (χ0n) is 19.8. The Labute approximate surface area is 202 Å². The SMILES string of the molecule is COc1ccc(C(NCc2ccccc2)C(NCc2ccccc2)c2ccc(OC)cc2)cc1. The normalized spacial score (nSPS) is 12.6. The Hall–Kier alpha value is -3.60. The highest BCUT2D eigenvalue weighted by molar-refractivity contribution is 5.35. The third-order valence-corrected chi connectivity index (χ3v) is 6.02. The van der Waals surface area contributed by atoms with Crippen molar-refractivity contribution in [2.45, 2.75) is 25.2 Å². The van der Waals surface area contributed by atoms with Crippen LogP contribution in [0, 0.1) is 0 Å². The average Bonchev–Trinajstić information content (AvgIpc) is 2.92. The number of rotatable bonds is 11. The van der Waals surface area contributed by atoms with E-state index in [0.29, 0.717) is 0 Å². The fourth-order valence-corrected chi connectivity index (χ4v) is 4.13. The van der Waals surface area contributed by atoms with Crippen molar-refractivity contribution < 1.29 is 9.47 Å². The van der Waals surface area contributed by atoms with Gasteiger partial charge in [0.2, 0.25) is 0 Å². The molecule has 4 aromatic carbocycles. The lowest BCUT2D eigenvalue weighted by Crippen LogP contribution is -2.35. The van der Waals surface area contributed by atoms with Crippen LogP contribution in [0.5, 0.6) is 11.5 Å². The standard InChI is InChI=1S/C30H32N2O2/c1-33-27-17-13-25(14-18-27)29(31-21-23-9-5-3-6-10-23)30(26-15-19-28(34-2)20-16-26)32-22-24-11-7-4-8-12-24/h3-20,29-32H,21-22H2,1-2H3. The van der Waals surface area contributed by atoms with E-state index in [2.05, 4.69) is 83.4 Å². The zero-order chi connectivity index (χ0) is 23.6. The van der Waals surface area contributed by atoms with Crippen LogP contribution in [0.1, 0.15) is 34.3 Å². The molecule has 0 fully saturated rings. The first kappa shape index (κ1) is 23.6. The molecule has 2 atom stereocenters. The van der Waals surface area contributed by atoms with Gasteiger partial charge in [0.05, 0.1) is 26.3 Å². The minimum atomic E-state index is 0.0308. The molecule has 0 bridgehead atoms. The minimum absolute atomic E-state index is 0.0308. The van der Waals surface area contributed by atoms with E-state index < -0.39 is 0 Å². The molecule has 0 spiro atoms. The van der Waals surface area contributed by atoms with E-state index in [1.165, 1.54) is 22.3 Å². The second-order valence-corrected chi connectivity index (χ2v) is 8.23. The maximum atomic E-state index is 5.40. The Bertz CT molecular complexity index is 1020. The summed E-state index contributed by atoms with van der Waals surface area (Å²) in [4.78, 5) is 0. The van der Waals surface area contributed by atoms with Crippen LogP contribution in [-0.4, -0.2) is 14.2 Å². The molecule has 4 heteroatoms. The van der Waals surface area contributed by atoms with E-state index in [1.54, 1.807) is 14.2 Å². The molecule has 4 nitrogen and oxygen atoms in total. The maximum absolute atomic E-state index is 5.40. The third-order valence-electron chi connectivity index (χ3n) is 6.02. The summed E-state index contributed by atoms with van der Waals surface area (Å²) in [6, 6.07) is 37.7. The van der Waals surface area contributed by atoms with Crippen molar-refractivity contribution in [1.82, 2.24) is 10.6 Å². The highest BCUT2D eigenvalue weighted by atomic mass is 16.5. The minimum Gasteiger partial charge on any atom is -0.497 e. The quantitative estimate of drug-likeness (QED) is 0.290. The number of hydrogen-bond donors (Lipinski definition) is 2. The molecule has 174 valence electrons. The van der Waals surface area contributed by atoms with Crippen LogP contribution in [0.3, 0.4) is 0 Å². The van der Waals surface area contributed by atoms with Crippen molar-refractivity contribution in [2.24, 2.45) is 0 Å². The van der Waals surface area contributed by atoms with Gasteiger partial charge in [-0.2, -0.15) is 0 Å². The van der Waals surface area contributed by atoms with Gasteiger partial charge in [-0.1, -0.05) is 84.9 Å². The van der Waals surface area contributed by atoms with Gasteiger partial charge in [-0.05, 0) is 46.5 Å². The van der Waals surface area contributed by atoms with E-state index in [0.717, 1.165) is 24.6 Å². The summed E-state index contributed by atoms with van der Waals surface area (Å²) in [5.41, 5.74) is 4.88. The van der Waals surface area contributed by atoms with Crippen LogP contribution in [-0.2, 0) is 13.1 Å². The fourth-order valence-electron chi connectivity index (χ4n) is 4.13. The highest BCUT2D eigenvalue weighted by Gasteiger charge is 2.25. The molecule has 2 unspecified atom stereocenters. The van der Waals surface area contributed by atoms with Crippen molar-refractivity contribution in [2.75, 3.05) is 14.2 Å². The molecular weight excluding hydrogens is 420 g/mol. The third kappa shape index (κ3) is 6.25. The molecule has 0 saturated carbocycles. The average molecular weight is 453 g/mol. The summed E-state index contributed by atoms with van der Waals surface area (Å²) in [5.74, 6) is 1.70. The molecule has 0 heterocycles. The first-order valence-corrected chi connectivity index (χ1v) is 11.6. The van der Waals surface area contributed by atoms with Gasteiger partial charge in [0, 0.05) is 13.1 Å². The number of methoxy groups -OCH3 is 2. The van der Waals surface area contributed by atoms with E-state index in [9.17, 15) is 0 Å². The summed E-state index contributed by atoms with van der Waals surface area (Å²) < 4.78 is 10.8. The van der Waals surface area contributed by atoms with Crippen molar-refractivity contribution in [3.63, 3.8) is 0 Å². The Balaban J connectivity index is 1.67. The number of ether oxygens (including phenoxy) is 2. The Morgan fingerprint density at radius 2 is 0.853 bits per heavy atom. The number of benzene rings is 4. The maximum Gasteiger partial charge on any atom is 0.118 e. The second kappa shape index (κ2) is 12.0. The summed E-state index contributed by atoms with van der Waals surface area (Å²) in [7, 11) is 3.39. The number of hydrogen-bond acceptors (Lipinski definition) is 4. The molecule has 4 rings (SSSR count). The number of nitrogens with one attached hydrogen (secondary N) is 2. The van der Waals surface area contributed by atoms with Crippen LogP contribution in [0.2, 0.25) is 0 Å². The zero-order valence-corrected chi connectivity index (χ0v) is 19.8. The van der Waals surface area contributed by atoms with E-state index in [-0.39, 0.29) is 12.1 Å². The molecule has 0 aromatic heterocycles. The molecule has 2 N–H and O–H groups in total. The van der Waals surface area contributed by atoms with Gasteiger partial charge in [0.25, 0.3) is 0 Å². The lowest BCUT2D eigenvalue weighted by atomic mass is 9.92. The Morgan fingerprint density at radius 3 is 1.18 bits per heavy atom. The van der Waals surface area contributed by atoms with Gasteiger partial charge in [-0.3, -0.25) is 0 Å². The predicted octanol–water partition coefficient (Wildman–Crippen LogP) is 6.07. The summed E-state index contributed by atoms with van der Waals surface area (Å²) >= 11 is 0. The van der Waals surface area contributed by atoms with Crippen molar-refractivity contribution >= 4 is 0 Å². The first-order chi connectivity index (χ1) is 16.8. The Morgan fingerprint density at radius 1 is 0.500 bits per heavy atom. The molecular formula is C30H32N2O2. The lowest BCUT2D eigenvalue weighted by Gasteiger charge is -2.31. The van der Waals surface area contributed by atoms with E-state index in [1.807, 2.05) is 36.4 Å². The van der Waals surface area contributed by atoms with Crippen molar-refractivity contribution in [3.8, 4) is 11.5 Å². The summed E-state index contributed by atoms with van der Waals surface area (Å²) in [5, 5.41) is 7.64. The van der Waals surface area contributed by atoms with Crippen molar-refractivity contribution in [3.05, 3.63) is 131 Å². The van der Waals surface area contributed by atoms with Gasteiger partial charge in [-0.15, -0.1) is 0 Å². The van der Waals surface area contributed by atoms with E-state index >= 15 is 0 Å². The topological polar surface area (TPSA) is 42.5 Å². The van der Waals surface area contributed by atoms with Crippen LogP contribution in [0.25, 0.3) is 0 Å².